The van der Waals surface area contributed by atoms with Gasteiger partial charge < -0.3 is 4.90 Å². The lowest BCUT2D eigenvalue weighted by molar-refractivity contribution is 0.660. The van der Waals surface area contributed by atoms with E-state index in [1.165, 1.54) is 11.3 Å². The quantitative estimate of drug-likeness (QED) is 0.170. The van der Waals surface area contributed by atoms with E-state index in [2.05, 4.69) is 19.9 Å². The number of hydrogen-bond donors (Lipinski definition) is 0. The molecule has 9 aromatic carbocycles. The van der Waals surface area contributed by atoms with Crippen molar-refractivity contribution in [2.24, 2.45) is 0 Å². The molecular weight excluding hydrogens is 683 g/mol. The van der Waals surface area contributed by atoms with Gasteiger partial charge in [-0.15, -0.1) is 11.3 Å². The summed E-state index contributed by atoms with van der Waals surface area (Å²) in [4.78, 5) is 1.67. The lowest BCUT2D eigenvalue weighted by atomic mass is 9.82. The van der Waals surface area contributed by atoms with Gasteiger partial charge in [0.25, 0.3) is 0 Å². The number of hydrogen-bond acceptors (Lipinski definition) is 2. The Labute approximate surface area is 349 Å². The van der Waals surface area contributed by atoms with Crippen molar-refractivity contribution < 1.29 is 23.3 Å². The van der Waals surface area contributed by atoms with Gasteiger partial charge in [-0.25, -0.2) is 0 Å². The maximum absolute atomic E-state index is 10.4. The molecule has 0 saturated heterocycles. The summed E-state index contributed by atoms with van der Waals surface area (Å²) in [6.45, 7) is 4.20. The Hall–Kier alpha value is -6.48. The molecular formula is C53H37NS. The molecule has 1 aromatic heterocycles. The van der Waals surface area contributed by atoms with Gasteiger partial charge in [0.1, 0.15) is 0 Å². The lowest BCUT2D eigenvalue weighted by Crippen LogP contribution is -2.16. The topological polar surface area (TPSA) is 3.24 Å². The van der Waals surface area contributed by atoms with Gasteiger partial charge in [0, 0.05) is 37.0 Å². The van der Waals surface area contributed by atoms with Crippen LogP contribution in [-0.2, 0) is 5.41 Å². The van der Waals surface area contributed by atoms with E-state index in [1.807, 2.05) is 78.9 Å². The molecule has 0 saturated carbocycles. The maximum atomic E-state index is 10.4. The van der Waals surface area contributed by atoms with Gasteiger partial charge in [0.15, 0.2) is 0 Å². The predicted octanol–water partition coefficient (Wildman–Crippen LogP) is 15.5. The highest BCUT2D eigenvalue weighted by atomic mass is 32.1. The zero-order valence-corrected chi connectivity index (χ0v) is 30.3. The number of anilines is 3. The van der Waals surface area contributed by atoms with Crippen LogP contribution in [0.1, 0.15) is 48.3 Å². The number of nitrogens with zero attached hydrogens (tertiary/aromatic N) is 1. The molecule has 0 radical (unpaired) electrons. The molecule has 1 nitrogen and oxygen atoms in total. The zero-order chi connectivity index (χ0) is 51.5. The first-order valence-electron chi connectivity index (χ1n) is 26.2. The molecule has 10 aromatic rings. The van der Waals surface area contributed by atoms with E-state index < -0.39 is 152 Å². The van der Waals surface area contributed by atoms with Crippen LogP contribution in [0.3, 0.4) is 0 Å². The molecule has 0 N–H and O–H groups in total. The Morgan fingerprint density at radius 2 is 1.24 bits per heavy atom. The number of fused-ring (bicyclic) bond motifs is 8. The molecule has 0 amide bonds. The monoisotopic (exact) mass is 736 g/mol. The molecule has 1 aliphatic rings. The molecule has 0 aliphatic heterocycles. The van der Waals surface area contributed by atoms with E-state index in [1.54, 1.807) is 4.90 Å². The fraction of sp³-hybridized carbons (Fsp3) is 0.0566. The Morgan fingerprint density at radius 1 is 0.509 bits per heavy atom. The highest BCUT2D eigenvalue weighted by Gasteiger charge is 2.36. The summed E-state index contributed by atoms with van der Waals surface area (Å²) in [5.41, 5.74) is 1.92. The van der Waals surface area contributed by atoms with E-state index in [-0.39, 0.29) is 5.69 Å². The van der Waals surface area contributed by atoms with Gasteiger partial charge in [-0.1, -0.05) is 159 Å². The third-order valence-electron chi connectivity index (χ3n) is 10.6. The third-order valence-corrected chi connectivity index (χ3v) is 11.7. The fourth-order valence-electron chi connectivity index (χ4n) is 8.08. The van der Waals surface area contributed by atoms with E-state index in [0.29, 0.717) is 11.4 Å². The Morgan fingerprint density at radius 3 is 2.15 bits per heavy atom. The van der Waals surface area contributed by atoms with Crippen LogP contribution in [-0.4, -0.2) is 0 Å². The minimum Gasteiger partial charge on any atom is -0.310 e. The van der Waals surface area contributed by atoms with Crippen LogP contribution in [0.2, 0.25) is 0 Å². The van der Waals surface area contributed by atoms with E-state index in [4.69, 9.17) is 11.0 Å². The summed E-state index contributed by atoms with van der Waals surface area (Å²) >= 11 is 1.53. The first kappa shape index (κ1) is 19.2. The third kappa shape index (κ3) is 4.92. The molecule has 2 heteroatoms. The summed E-state index contributed by atoms with van der Waals surface area (Å²) in [5, 5.41) is -0.471. The van der Waals surface area contributed by atoms with Gasteiger partial charge in [-0.3, -0.25) is 0 Å². The minimum absolute atomic E-state index is 0.241. The molecule has 0 fully saturated rings. The maximum Gasteiger partial charge on any atom is 0.0651 e. The molecule has 1 heterocycles. The SMILES string of the molecule is [2H]c1c([2H])c(-c2c([2H])c([2H])c3c([2H])c([2H])c([2H])c([2H])c3c2-c2c([2H])c([2H])c([2H])c3c([2H])c([2H])c([2H])c([2H])c23)c([2H])c(N(c2ccc3c(c2)C(C)(C)c2ccccc2-3)c2cccc3sc4ccccc4c23)c1[2H]. The van der Waals surface area contributed by atoms with E-state index in [9.17, 15) is 12.3 Å². The van der Waals surface area contributed by atoms with Crippen LogP contribution < -0.4 is 4.90 Å². The standard InChI is InChI=1S/C53H37NS/c1-53(2)46-24-9-7-21-42(46)43-31-29-38(33-47(43)53)54(48-25-13-27-50-52(48)45-22-8-10-26-49(45)55-50)37-18-11-17-36(32-37)41-30-28-35-15-4-6-20-40(35)51(41)44-23-12-16-34-14-3-5-19-39(34)44/h3-33H,1-2H3/i3D,4D,5D,6D,11D,12D,14D,15D,16D,17D,18D,19D,20D,23D,28D,30D,32D. The van der Waals surface area contributed by atoms with Gasteiger partial charge in [0.2, 0.25) is 0 Å². The average Bonchev–Trinajstić information content (AvgIpc) is 3.86. The smallest absolute Gasteiger partial charge is 0.0651 e. The first-order valence-corrected chi connectivity index (χ1v) is 18.5. The van der Waals surface area contributed by atoms with Crippen LogP contribution in [0.15, 0.2) is 188 Å². The second-order valence-corrected chi connectivity index (χ2v) is 15.0. The number of thiophene rings is 1. The second-order valence-electron chi connectivity index (χ2n) is 14.0. The lowest BCUT2D eigenvalue weighted by Gasteiger charge is -2.29. The molecule has 0 bridgehead atoms. The normalized spacial score (nSPS) is 17.4. The largest absolute Gasteiger partial charge is 0.310 e. The van der Waals surface area contributed by atoms with Crippen LogP contribution in [0.4, 0.5) is 17.1 Å². The molecule has 11 rings (SSSR count). The van der Waals surface area contributed by atoms with Crippen molar-refractivity contribution in [2.75, 3.05) is 4.90 Å². The van der Waals surface area contributed by atoms with Crippen LogP contribution in [0, 0.1) is 0 Å². The second kappa shape index (κ2) is 12.3. The van der Waals surface area contributed by atoms with Crippen molar-refractivity contribution in [3.63, 3.8) is 0 Å². The van der Waals surface area contributed by atoms with E-state index >= 15 is 0 Å². The summed E-state index contributed by atoms with van der Waals surface area (Å²) < 4.78 is 159. The Bertz CT molecular complexity index is 4120. The molecule has 1 aliphatic carbocycles. The molecule has 0 spiro atoms. The summed E-state index contributed by atoms with van der Waals surface area (Å²) in [7, 11) is 0. The summed E-state index contributed by atoms with van der Waals surface area (Å²) in [5.74, 6) is 0. The Balaban J connectivity index is 1.35. The van der Waals surface area contributed by atoms with Crippen LogP contribution >= 0.6 is 11.3 Å². The average molecular weight is 737 g/mol. The Kier molecular flexibility index (Phi) is 4.29. The number of benzene rings is 9. The van der Waals surface area contributed by atoms with Gasteiger partial charge in [0.05, 0.1) is 29.0 Å². The summed E-state index contributed by atoms with van der Waals surface area (Å²) in [6, 6.07) is 14.2. The highest BCUT2D eigenvalue weighted by molar-refractivity contribution is 7.26. The number of rotatable bonds is 5. The summed E-state index contributed by atoms with van der Waals surface area (Å²) in [6.07, 6.45) is 0. The molecule has 0 unspecified atom stereocenters. The fourth-order valence-corrected chi connectivity index (χ4v) is 9.20. The molecule has 55 heavy (non-hydrogen) atoms. The molecule has 0 atom stereocenters. The van der Waals surface area contributed by atoms with Crippen LogP contribution in [0.5, 0.6) is 0 Å². The predicted molar refractivity (Wildman–Crippen MR) is 237 cm³/mol. The highest BCUT2D eigenvalue weighted by Crippen LogP contribution is 2.52. The van der Waals surface area contributed by atoms with Crippen molar-refractivity contribution in [1.29, 1.82) is 0 Å². The van der Waals surface area contributed by atoms with Gasteiger partial charge in [-0.05, 0) is 108 Å². The minimum atomic E-state index is -0.842. The van der Waals surface area contributed by atoms with Gasteiger partial charge >= 0.3 is 0 Å². The van der Waals surface area contributed by atoms with Crippen molar-refractivity contribution >= 4 is 70.1 Å². The van der Waals surface area contributed by atoms with Crippen molar-refractivity contribution in [2.45, 2.75) is 19.3 Å². The van der Waals surface area contributed by atoms with E-state index in [0.717, 1.165) is 42.4 Å². The van der Waals surface area contributed by atoms with Crippen LogP contribution in [0.25, 0.3) is 75.1 Å². The molecule has 260 valence electrons. The van der Waals surface area contributed by atoms with Crippen molar-refractivity contribution in [3.8, 4) is 33.4 Å². The zero-order valence-electron chi connectivity index (χ0n) is 46.4. The van der Waals surface area contributed by atoms with Crippen molar-refractivity contribution in [3.05, 3.63) is 199 Å². The van der Waals surface area contributed by atoms with Crippen molar-refractivity contribution in [1.82, 2.24) is 0 Å². The first-order chi connectivity index (χ1) is 34.1. The van der Waals surface area contributed by atoms with Gasteiger partial charge in [-0.2, -0.15) is 0 Å².